The molecule has 3 N–H and O–H groups in total. The number of hydrogen-bond donors (Lipinski definition) is 3. The van der Waals surface area contributed by atoms with Gasteiger partial charge in [-0.2, -0.15) is 0 Å². The Morgan fingerprint density at radius 1 is 1.18 bits per heavy atom. The summed E-state index contributed by atoms with van der Waals surface area (Å²) in [5, 5.41) is 9.06. The normalized spacial score (nSPS) is 12.9. The van der Waals surface area contributed by atoms with Gasteiger partial charge in [0.15, 0.2) is 5.96 Å². The van der Waals surface area contributed by atoms with Crippen LogP contribution in [0.4, 0.5) is 10.1 Å². The van der Waals surface area contributed by atoms with Crippen molar-refractivity contribution in [1.82, 2.24) is 10.6 Å². The minimum absolute atomic E-state index is 0.0249. The van der Waals surface area contributed by atoms with Gasteiger partial charge in [-0.25, -0.2) is 9.38 Å². The van der Waals surface area contributed by atoms with Crippen LogP contribution in [-0.4, -0.2) is 38.1 Å². The Morgan fingerprint density at radius 2 is 2.00 bits per heavy atom. The van der Waals surface area contributed by atoms with Crippen molar-refractivity contribution in [3.8, 4) is 5.75 Å². The fraction of sp³-hybridized carbons (Fsp3) is 0.333. The van der Waals surface area contributed by atoms with Crippen LogP contribution in [0, 0.1) is 5.82 Å². The Morgan fingerprint density at radius 3 is 2.79 bits per heavy atom. The van der Waals surface area contributed by atoms with Gasteiger partial charge >= 0.3 is 0 Å². The van der Waals surface area contributed by atoms with Crippen LogP contribution in [0.3, 0.4) is 0 Å². The lowest BCUT2D eigenvalue weighted by Gasteiger charge is -2.12. The molecule has 0 saturated heterocycles. The van der Waals surface area contributed by atoms with Gasteiger partial charge in [0.05, 0.1) is 6.61 Å². The SMILES string of the molecule is CCNC(=NCC(=O)Nc1ccc(F)cc1)NCCc1ccc2c(c1)CCO2. The Balaban J connectivity index is 1.48. The number of fused-ring (bicyclic) bond motifs is 1. The molecule has 0 saturated carbocycles. The molecular weight excluding hydrogens is 359 g/mol. The first-order valence-corrected chi connectivity index (χ1v) is 9.46. The van der Waals surface area contributed by atoms with E-state index in [4.69, 9.17) is 4.74 Å². The van der Waals surface area contributed by atoms with Crippen LogP contribution in [0.5, 0.6) is 5.75 Å². The lowest BCUT2D eigenvalue weighted by Crippen LogP contribution is -2.39. The first kappa shape index (κ1) is 19.7. The van der Waals surface area contributed by atoms with E-state index in [0.29, 0.717) is 24.7 Å². The number of nitrogens with zero attached hydrogens (tertiary/aromatic N) is 1. The van der Waals surface area contributed by atoms with Gasteiger partial charge in [-0.3, -0.25) is 4.79 Å². The van der Waals surface area contributed by atoms with Gasteiger partial charge in [-0.05, 0) is 54.8 Å². The number of rotatable bonds is 7. The standard InChI is InChI=1S/C21H25FN4O2/c1-2-23-21(25-14-20(27)26-18-6-4-17(22)5-7-18)24-11-9-15-3-8-19-16(13-15)10-12-28-19/h3-8,13H,2,9-12,14H2,1H3,(H,26,27)(H2,23,24,25). The van der Waals surface area contributed by atoms with Gasteiger partial charge in [0, 0.05) is 25.2 Å². The maximum atomic E-state index is 12.9. The summed E-state index contributed by atoms with van der Waals surface area (Å²) in [5.74, 6) is 0.966. The van der Waals surface area contributed by atoms with Gasteiger partial charge in [-0.1, -0.05) is 12.1 Å². The summed E-state index contributed by atoms with van der Waals surface area (Å²) >= 11 is 0. The minimum Gasteiger partial charge on any atom is -0.493 e. The van der Waals surface area contributed by atoms with E-state index in [0.717, 1.165) is 25.2 Å². The molecule has 1 aliphatic heterocycles. The van der Waals surface area contributed by atoms with Crippen molar-refractivity contribution in [2.45, 2.75) is 19.8 Å². The molecule has 3 rings (SSSR count). The number of halogens is 1. The predicted molar refractivity (Wildman–Crippen MR) is 108 cm³/mol. The van der Waals surface area contributed by atoms with Gasteiger partial charge in [0.25, 0.3) is 0 Å². The first-order chi connectivity index (χ1) is 13.6. The zero-order valence-electron chi connectivity index (χ0n) is 15.9. The van der Waals surface area contributed by atoms with Crippen LogP contribution < -0.4 is 20.7 Å². The Kier molecular flexibility index (Phi) is 6.84. The maximum absolute atomic E-state index is 12.9. The van der Waals surface area contributed by atoms with Gasteiger partial charge in [0.2, 0.25) is 5.91 Å². The summed E-state index contributed by atoms with van der Waals surface area (Å²) < 4.78 is 18.4. The molecule has 1 amide bonds. The van der Waals surface area contributed by atoms with E-state index in [1.54, 1.807) is 0 Å². The molecule has 1 aliphatic rings. The number of guanidine groups is 1. The summed E-state index contributed by atoms with van der Waals surface area (Å²) in [4.78, 5) is 16.3. The average Bonchev–Trinajstić information content (AvgIpc) is 3.16. The zero-order valence-corrected chi connectivity index (χ0v) is 15.9. The van der Waals surface area contributed by atoms with Crippen LogP contribution in [0.1, 0.15) is 18.1 Å². The van der Waals surface area contributed by atoms with E-state index < -0.39 is 0 Å². The highest BCUT2D eigenvalue weighted by Gasteiger charge is 2.11. The number of benzene rings is 2. The highest BCUT2D eigenvalue weighted by atomic mass is 19.1. The van der Waals surface area contributed by atoms with E-state index in [9.17, 15) is 9.18 Å². The molecule has 2 aromatic rings. The Bertz CT molecular complexity index is 837. The molecule has 28 heavy (non-hydrogen) atoms. The fourth-order valence-corrected chi connectivity index (χ4v) is 2.95. The molecule has 0 atom stereocenters. The number of amides is 1. The predicted octanol–water partition coefficient (Wildman–Crippen LogP) is 2.50. The largest absolute Gasteiger partial charge is 0.493 e. The molecule has 0 spiro atoms. The molecule has 0 radical (unpaired) electrons. The van der Waals surface area contributed by atoms with Crippen molar-refractivity contribution >= 4 is 17.6 Å². The second-order valence-electron chi connectivity index (χ2n) is 6.47. The van der Waals surface area contributed by atoms with Crippen LogP contribution in [0.25, 0.3) is 0 Å². The van der Waals surface area contributed by atoms with Crippen molar-refractivity contribution in [3.05, 3.63) is 59.4 Å². The van der Waals surface area contributed by atoms with Crippen molar-refractivity contribution in [3.63, 3.8) is 0 Å². The van der Waals surface area contributed by atoms with Gasteiger partial charge in [-0.15, -0.1) is 0 Å². The monoisotopic (exact) mass is 384 g/mol. The molecule has 0 aliphatic carbocycles. The molecule has 0 fully saturated rings. The number of aliphatic imine (C=N–C) groups is 1. The van der Waals surface area contributed by atoms with E-state index in [1.165, 1.54) is 35.4 Å². The third kappa shape index (κ3) is 5.70. The summed E-state index contributed by atoms with van der Waals surface area (Å²) in [5.41, 5.74) is 3.04. The van der Waals surface area contributed by atoms with Crippen molar-refractivity contribution in [2.75, 3.05) is 31.6 Å². The molecule has 0 bridgehead atoms. The fourth-order valence-electron chi connectivity index (χ4n) is 2.95. The van der Waals surface area contributed by atoms with Crippen molar-refractivity contribution in [1.29, 1.82) is 0 Å². The minimum atomic E-state index is -0.342. The van der Waals surface area contributed by atoms with E-state index in [2.05, 4.69) is 33.1 Å². The third-order valence-electron chi connectivity index (χ3n) is 4.31. The van der Waals surface area contributed by atoms with Crippen LogP contribution >= 0.6 is 0 Å². The number of carbonyl (C=O) groups excluding carboxylic acids is 1. The highest BCUT2D eigenvalue weighted by Crippen LogP contribution is 2.25. The van der Waals surface area contributed by atoms with Crippen LogP contribution in [-0.2, 0) is 17.6 Å². The number of carbonyl (C=O) groups is 1. The van der Waals surface area contributed by atoms with Crippen molar-refractivity contribution in [2.24, 2.45) is 4.99 Å². The smallest absolute Gasteiger partial charge is 0.246 e. The summed E-state index contributed by atoms with van der Waals surface area (Å²) in [6.45, 7) is 4.10. The van der Waals surface area contributed by atoms with Gasteiger partial charge < -0.3 is 20.7 Å². The van der Waals surface area contributed by atoms with Crippen LogP contribution in [0.2, 0.25) is 0 Å². The number of anilines is 1. The molecule has 7 heteroatoms. The summed E-state index contributed by atoms with van der Waals surface area (Å²) in [6, 6.07) is 11.9. The second-order valence-corrected chi connectivity index (χ2v) is 6.47. The summed E-state index contributed by atoms with van der Waals surface area (Å²) in [7, 11) is 0. The van der Waals surface area contributed by atoms with E-state index in [-0.39, 0.29) is 18.3 Å². The van der Waals surface area contributed by atoms with E-state index in [1.807, 2.05) is 13.0 Å². The zero-order chi connectivity index (χ0) is 19.8. The molecule has 6 nitrogen and oxygen atoms in total. The number of nitrogens with one attached hydrogen (secondary N) is 3. The topological polar surface area (TPSA) is 74.8 Å². The average molecular weight is 384 g/mol. The molecule has 1 heterocycles. The van der Waals surface area contributed by atoms with Gasteiger partial charge in [0.1, 0.15) is 18.1 Å². The maximum Gasteiger partial charge on any atom is 0.246 e. The Labute approximate surface area is 164 Å². The summed E-state index contributed by atoms with van der Waals surface area (Å²) in [6.07, 6.45) is 1.81. The molecule has 0 unspecified atom stereocenters. The second kappa shape index (κ2) is 9.73. The highest BCUT2D eigenvalue weighted by molar-refractivity contribution is 5.94. The lowest BCUT2D eigenvalue weighted by atomic mass is 10.1. The molecule has 0 aromatic heterocycles. The van der Waals surface area contributed by atoms with Crippen LogP contribution in [0.15, 0.2) is 47.5 Å². The molecular formula is C21H25FN4O2. The quantitative estimate of drug-likeness (QED) is 0.507. The van der Waals surface area contributed by atoms with Crippen molar-refractivity contribution < 1.29 is 13.9 Å². The molecule has 2 aromatic carbocycles. The lowest BCUT2D eigenvalue weighted by molar-refractivity contribution is -0.114. The number of hydrogen-bond acceptors (Lipinski definition) is 3. The third-order valence-corrected chi connectivity index (χ3v) is 4.31. The first-order valence-electron chi connectivity index (χ1n) is 9.46. The Hall–Kier alpha value is -3.09. The van der Waals surface area contributed by atoms with E-state index >= 15 is 0 Å². The molecule has 148 valence electrons. The number of ether oxygens (including phenoxy) is 1.